The highest BCUT2D eigenvalue weighted by molar-refractivity contribution is 5.75. The number of benzene rings is 2. The van der Waals surface area contributed by atoms with Gasteiger partial charge in [-0.1, -0.05) is 68.4 Å². The molecule has 0 aliphatic rings. The molecule has 3 rings (SSSR count). The van der Waals surface area contributed by atoms with Gasteiger partial charge < -0.3 is 5.32 Å². The highest BCUT2D eigenvalue weighted by Gasteiger charge is 2.09. The number of carbonyl (C=O) groups excluding carboxylic acids is 1. The summed E-state index contributed by atoms with van der Waals surface area (Å²) in [4.78, 5) is 13.4. The van der Waals surface area contributed by atoms with E-state index < -0.39 is 0 Å². The molecule has 1 amide bonds. The van der Waals surface area contributed by atoms with E-state index in [1.807, 2.05) is 42.5 Å². The summed E-state index contributed by atoms with van der Waals surface area (Å²) in [5.41, 5.74) is 3.35. The summed E-state index contributed by atoms with van der Waals surface area (Å²) >= 11 is 0. The van der Waals surface area contributed by atoms with Crippen molar-refractivity contribution in [2.75, 3.05) is 6.54 Å². The van der Waals surface area contributed by atoms with Crippen LogP contribution in [0.1, 0.15) is 30.9 Å². The third-order valence-corrected chi connectivity index (χ3v) is 4.15. The van der Waals surface area contributed by atoms with Gasteiger partial charge in [0.05, 0.1) is 0 Å². The zero-order valence-corrected chi connectivity index (χ0v) is 15.1. The maximum absolute atomic E-state index is 12.0. The van der Waals surface area contributed by atoms with Gasteiger partial charge in [0.1, 0.15) is 6.54 Å². The molecule has 0 bridgehead atoms. The van der Waals surface area contributed by atoms with Gasteiger partial charge in [0.25, 0.3) is 0 Å². The maximum Gasteiger partial charge on any atom is 0.243 e. The van der Waals surface area contributed by atoms with Crippen LogP contribution in [0.4, 0.5) is 0 Å². The van der Waals surface area contributed by atoms with Gasteiger partial charge >= 0.3 is 0 Å². The Bertz CT molecular complexity index is 840. The van der Waals surface area contributed by atoms with Crippen molar-refractivity contribution in [1.82, 2.24) is 25.5 Å². The Kier molecular flexibility index (Phi) is 5.73. The Balaban J connectivity index is 1.52. The molecule has 26 heavy (non-hydrogen) atoms. The van der Waals surface area contributed by atoms with E-state index >= 15 is 0 Å². The summed E-state index contributed by atoms with van der Waals surface area (Å²) in [6.07, 6.45) is 0.796. The van der Waals surface area contributed by atoms with Crippen molar-refractivity contribution in [1.29, 1.82) is 0 Å². The molecular weight excluding hydrogens is 326 g/mol. The molecule has 1 N–H and O–H groups in total. The second-order valence-electron chi connectivity index (χ2n) is 6.51. The van der Waals surface area contributed by atoms with Gasteiger partial charge in [0, 0.05) is 12.1 Å². The van der Waals surface area contributed by atoms with Crippen LogP contribution in [0, 0.1) is 0 Å². The quantitative estimate of drug-likeness (QED) is 0.712. The van der Waals surface area contributed by atoms with Crippen LogP contribution in [0.5, 0.6) is 0 Å². The van der Waals surface area contributed by atoms with Crippen molar-refractivity contribution in [3.63, 3.8) is 0 Å². The topological polar surface area (TPSA) is 72.7 Å². The van der Waals surface area contributed by atoms with Crippen LogP contribution in [0.3, 0.4) is 0 Å². The Labute approximate surface area is 153 Å². The smallest absolute Gasteiger partial charge is 0.243 e. The van der Waals surface area contributed by atoms with Crippen LogP contribution in [0.2, 0.25) is 0 Å². The molecule has 0 spiro atoms. The fourth-order valence-electron chi connectivity index (χ4n) is 2.62. The van der Waals surface area contributed by atoms with Gasteiger partial charge in [-0.15, -0.1) is 10.2 Å². The van der Waals surface area contributed by atoms with E-state index in [2.05, 4.69) is 46.7 Å². The van der Waals surface area contributed by atoms with Crippen molar-refractivity contribution in [3.8, 4) is 11.4 Å². The van der Waals surface area contributed by atoms with Gasteiger partial charge in [-0.05, 0) is 28.7 Å². The second-order valence-corrected chi connectivity index (χ2v) is 6.51. The first-order chi connectivity index (χ1) is 12.6. The lowest BCUT2D eigenvalue weighted by molar-refractivity contribution is -0.122. The van der Waals surface area contributed by atoms with Crippen molar-refractivity contribution in [2.24, 2.45) is 0 Å². The predicted octanol–water partition coefficient (Wildman–Crippen LogP) is 2.82. The summed E-state index contributed by atoms with van der Waals surface area (Å²) in [6, 6.07) is 18.1. The van der Waals surface area contributed by atoms with Crippen LogP contribution in [0.15, 0.2) is 54.6 Å². The van der Waals surface area contributed by atoms with Gasteiger partial charge in [-0.25, -0.2) is 0 Å². The largest absolute Gasteiger partial charge is 0.354 e. The molecule has 0 fully saturated rings. The number of hydrogen-bond acceptors (Lipinski definition) is 4. The molecule has 1 aromatic heterocycles. The van der Waals surface area contributed by atoms with Crippen molar-refractivity contribution < 1.29 is 4.79 Å². The summed E-state index contributed by atoms with van der Waals surface area (Å²) < 4.78 is 0. The van der Waals surface area contributed by atoms with Crippen molar-refractivity contribution in [3.05, 3.63) is 65.7 Å². The molecule has 3 aromatic rings. The zero-order valence-electron chi connectivity index (χ0n) is 15.1. The van der Waals surface area contributed by atoms with E-state index in [1.54, 1.807) is 0 Å². The second kappa shape index (κ2) is 8.38. The molecule has 0 atom stereocenters. The lowest BCUT2D eigenvalue weighted by atomic mass is 10.0. The van der Waals surface area contributed by atoms with Crippen molar-refractivity contribution >= 4 is 5.91 Å². The van der Waals surface area contributed by atoms with Crippen LogP contribution in [-0.2, 0) is 17.8 Å². The van der Waals surface area contributed by atoms with Crippen LogP contribution in [-0.4, -0.2) is 32.7 Å². The standard InChI is InChI=1S/C20H23N5O/c1-15(2)17-8-10-18(11-9-17)20-22-24-25(23-20)14-19(26)21-13-12-16-6-4-3-5-7-16/h3-11,15H,12-14H2,1-2H3,(H,21,26). The average molecular weight is 349 g/mol. The Morgan fingerprint density at radius 3 is 2.50 bits per heavy atom. The van der Waals surface area contributed by atoms with Gasteiger partial charge in [-0.3, -0.25) is 4.79 Å². The summed E-state index contributed by atoms with van der Waals surface area (Å²) in [7, 11) is 0. The lowest BCUT2D eigenvalue weighted by Crippen LogP contribution is -2.30. The molecule has 6 nitrogen and oxygen atoms in total. The van der Waals surface area contributed by atoms with Gasteiger partial charge in [-0.2, -0.15) is 4.80 Å². The number of tetrazole rings is 1. The molecule has 2 aromatic carbocycles. The number of hydrogen-bond donors (Lipinski definition) is 1. The van der Waals surface area contributed by atoms with E-state index in [-0.39, 0.29) is 12.5 Å². The molecule has 6 heteroatoms. The minimum Gasteiger partial charge on any atom is -0.354 e. The molecular formula is C20H23N5O. The van der Waals surface area contributed by atoms with E-state index in [0.29, 0.717) is 18.3 Å². The Morgan fingerprint density at radius 1 is 1.08 bits per heavy atom. The van der Waals surface area contributed by atoms with Crippen LogP contribution < -0.4 is 5.32 Å². The van der Waals surface area contributed by atoms with E-state index in [9.17, 15) is 4.79 Å². The minimum atomic E-state index is -0.125. The first-order valence-electron chi connectivity index (χ1n) is 8.80. The number of nitrogens with one attached hydrogen (secondary N) is 1. The molecule has 0 radical (unpaired) electrons. The Hall–Kier alpha value is -3.02. The minimum absolute atomic E-state index is 0.0614. The van der Waals surface area contributed by atoms with Gasteiger partial charge in [0.15, 0.2) is 0 Å². The first kappa shape index (κ1) is 17.8. The fourth-order valence-corrected chi connectivity index (χ4v) is 2.62. The first-order valence-corrected chi connectivity index (χ1v) is 8.80. The molecule has 0 unspecified atom stereocenters. The molecule has 0 saturated carbocycles. The number of nitrogens with zero attached hydrogens (tertiary/aromatic N) is 4. The van der Waals surface area contributed by atoms with E-state index in [0.717, 1.165) is 12.0 Å². The normalized spacial score (nSPS) is 10.9. The monoisotopic (exact) mass is 349 g/mol. The van der Waals surface area contributed by atoms with Gasteiger partial charge in [0.2, 0.25) is 11.7 Å². The summed E-state index contributed by atoms with van der Waals surface area (Å²) in [5.74, 6) is 0.879. The average Bonchev–Trinajstić information content (AvgIpc) is 3.11. The summed E-state index contributed by atoms with van der Waals surface area (Å²) in [5, 5.41) is 15.2. The molecule has 0 saturated heterocycles. The maximum atomic E-state index is 12.0. The number of carbonyl (C=O) groups is 1. The van der Waals surface area contributed by atoms with E-state index in [4.69, 9.17) is 0 Å². The molecule has 0 aliphatic carbocycles. The summed E-state index contributed by atoms with van der Waals surface area (Å²) in [6.45, 7) is 4.95. The molecule has 0 aliphatic heterocycles. The molecule has 134 valence electrons. The third-order valence-electron chi connectivity index (χ3n) is 4.15. The SMILES string of the molecule is CC(C)c1ccc(-c2nnn(CC(=O)NCCc3ccccc3)n2)cc1. The number of amides is 1. The Morgan fingerprint density at radius 2 is 1.81 bits per heavy atom. The number of rotatable bonds is 7. The lowest BCUT2D eigenvalue weighted by Gasteiger charge is -2.05. The number of aromatic nitrogens is 4. The predicted molar refractivity (Wildman–Crippen MR) is 100 cm³/mol. The van der Waals surface area contributed by atoms with E-state index in [1.165, 1.54) is 15.9 Å². The fraction of sp³-hybridized carbons (Fsp3) is 0.300. The van der Waals surface area contributed by atoms with Crippen molar-refractivity contribution in [2.45, 2.75) is 32.7 Å². The third kappa shape index (κ3) is 4.75. The molecule has 1 heterocycles. The highest BCUT2D eigenvalue weighted by Crippen LogP contribution is 2.19. The van der Waals surface area contributed by atoms with Crippen LogP contribution >= 0.6 is 0 Å². The van der Waals surface area contributed by atoms with Crippen LogP contribution in [0.25, 0.3) is 11.4 Å². The highest BCUT2D eigenvalue weighted by atomic mass is 16.2. The zero-order chi connectivity index (χ0) is 18.4.